The van der Waals surface area contributed by atoms with Crippen molar-refractivity contribution in [2.45, 2.75) is 0 Å². The van der Waals surface area contributed by atoms with Gasteiger partial charge in [-0.25, -0.2) is 0 Å². The molecule has 1 saturated heterocycles. The summed E-state index contributed by atoms with van der Waals surface area (Å²) in [5.41, 5.74) is 0.919. The number of aliphatic carboxylic acids is 1. The van der Waals surface area contributed by atoms with Crippen LogP contribution in [0.3, 0.4) is 0 Å². The van der Waals surface area contributed by atoms with Crippen molar-refractivity contribution in [2.24, 2.45) is 0 Å². The minimum Gasteiger partial charge on any atom is -0.480 e. The molecular formula is C12H13ClN2O3. The lowest BCUT2D eigenvalue weighted by molar-refractivity contribution is -0.144. The van der Waals surface area contributed by atoms with Crippen LogP contribution in [0.1, 0.15) is 0 Å². The van der Waals surface area contributed by atoms with E-state index in [-0.39, 0.29) is 19.0 Å². The Balaban J connectivity index is 2.01. The number of rotatable bonds is 3. The molecule has 0 spiro atoms. The van der Waals surface area contributed by atoms with Crippen molar-refractivity contribution in [1.82, 2.24) is 4.90 Å². The molecule has 2 rings (SSSR count). The molecule has 1 N–H and O–H groups in total. The maximum Gasteiger partial charge on any atom is 0.323 e. The lowest BCUT2D eigenvalue weighted by Gasteiger charge is -2.34. The highest BCUT2D eigenvalue weighted by Gasteiger charge is 2.25. The Hall–Kier alpha value is -1.75. The molecule has 1 aromatic carbocycles. The Kier molecular flexibility index (Phi) is 3.72. The fraction of sp³-hybridized carbons (Fsp3) is 0.333. The molecule has 0 aliphatic carbocycles. The number of carbonyl (C=O) groups excluding carboxylic acids is 1. The summed E-state index contributed by atoms with van der Waals surface area (Å²) in [5.74, 6) is -1.15. The van der Waals surface area contributed by atoms with E-state index in [0.717, 1.165) is 5.69 Å². The van der Waals surface area contributed by atoms with Crippen LogP contribution in [0.15, 0.2) is 24.3 Å². The van der Waals surface area contributed by atoms with Gasteiger partial charge in [0.25, 0.3) is 0 Å². The van der Waals surface area contributed by atoms with E-state index in [1.54, 1.807) is 12.1 Å². The molecule has 0 saturated carbocycles. The normalized spacial score (nSPS) is 15.9. The molecule has 0 atom stereocenters. The van der Waals surface area contributed by atoms with Crippen molar-refractivity contribution >= 4 is 29.2 Å². The van der Waals surface area contributed by atoms with Crippen molar-refractivity contribution in [2.75, 3.05) is 31.1 Å². The van der Waals surface area contributed by atoms with Crippen LogP contribution in [0.4, 0.5) is 5.69 Å². The average Bonchev–Trinajstić information content (AvgIpc) is 2.32. The second-order valence-corrected chi connectivity index (χ2v) is 4.54. The van der Waals surface area contributed by atoms with Crippen LogP contribution in [0, 0.1) is 0 Å². The minimum atomic E-state index is -0.983. The first-order chi connectivity index (χ1) is 8.56. The van der Waals surface area contributed by atoms with Crippen molar-refractivity contribution in [3.05, 3.63) is 29.3 Å². The van der Waals surface area contributed by atoms with Crippen LogP contribution in [-0.4, -0.2) is 48.1 Å². The molecule has 1 aliphatic heterocycles. The second-order valence-electron chi connectivity index (χ2n) is 4.11. The van der Waals surface area contributed by atoms with E-state index < -0.39 is 5.97 Å². The predicted molar refractivity (Wildman–Crippen MR) is 67.9 cm³/mol. The zero-order valence-corrected chi connectivity index (χ0v) is 10.4. The van der Waals surface area contributed by atoms with Crippen LogP contribution in [0.25, 0.3) is 0 Å². The largest absolute Gasteiger partial charge is 0.480 e. The summed E-state index contributed by atoms with van der Waals surface area (Å²) in [5, 5.41) is 9.32. The number of benzene rings is 1. The van der Waals surface area contributed by atoms with Gasteiger partial charge in [0.1, 0.15) is 6.54 Å². The number of anilines is 1. The summed E-state index contributed by atoms with van der Waals surface area (Å²) < 4.78 is 0. The van der Waals surface area contributed by atoms with Gasteiger partial charge in [0.2, 0.25) is 5.91 Å². The van der Waals surface area contributed by atoms with E-state index >= 15 is 0 Å². The van der Waals surface area contributed by atoms with Gasteiger partial charge in [-0.1, -0.05) is 11.6 Å². The molecule has 6 heteroatoms. The summed E-state index contributed by atoms with van der Waals surface area (Å²) in [7, 11) is 0. The SMILES string of the molecule is O=C(O)CN1CCN(c2ccc(Cl)cc2)CC1=O. The maximum atomic E-state index is 11.8. The number of carbonyl (C=O) groups is 2. The summed E-state index contributed by atoms with van der Waals surface area (Å²) in [6, 6.07) is 7.24. The van der Waals surface area contributed by atoms with Crippen LogP contribution in [0.2, 0.25) is 5.02 Å². The van der Waals surface area contributed by atoms with Crippen molar-refractivity contribution in [3.8, 4) is 0 Å². The van der Waals surface area contributed by atoms with Crippen molar-refractivity contribution < 1.29 is 14.7 Å². The standard InChI is InChI=1S/C12H13ClN2O3/c13-9-1-3-10(4-2-9)14-5-6-15(8-12(17)18)11(16)7-14/h1-4H,5-8H2,(H,17,18). The van der Waals surface area contributed by atoms with Crippen molar-refractivity contribution in [3.63, 3.8) is 0 Å². The van der Waals surface area contributed by atoms with Crippen LogP contribution >= 0.6 is 11.6 Å². The van der Waals surface area contributed by atoms with Gasteiger partial charge in [0, 0.05) is 23.8 Å². The van der Waals surface area contributed by atoms with Gasteiger partial charge in [0.05, 0.1) is 6.54 Å². The Morgan fingerprint density at radius 2 is 1.94 bits per heavy atom. The highest BCUT2D eigenvalue weighted by atomic mass is 35.5. The van der Waals surface area contributed by atoms with Crippen LogP contribution in [-0.2, 0) is 9.59 Å². The summed E-state index contributed by atoms with van der Waals surface area (Å²) in [4.78, 5) is 25.6. The van der Waals surface area contributed by atoms with Gasteiger partial charge >= 0.3 is 5.97 Å². The van der Waals surface area contributed by atoms with Gasteiger partial charge in [-0.05, 0) is 24.3 Å². The molecule has 18 heavy (non-hydrogen) atoms. The third-order valence-electron chi connectivity index (χ3n) is 2.84. The predicted octanol–water partition coefficient (Wildman–Crippen LogP) is 1.07. The second kappa shape index (κ2) is 5.27. The molecule has 1 heterocycles. The smallest absolute Gasteiger partial charge is 0.323 e. The quantitative estimate of drug-likeness (QED) is 0.891. The number of hydrogen-bond donors (Lipinski definition) is 1. The third kappa shape index (κ3) is 2.92. The number of piperazine rings is 1. The van der Waals surface area contributed by atoms with E-state index in [0.29, 0.717) is 18.1 Å². The maximum absolute atomic E-state index is 11.8. The minimum absolute atomic E-state index is 0.168. The molecule has 1 aliphatic rings. The Morgan fingerprint density at radius 1 is 1.28 bits per heavy atom. The number of carboxylic acid groups (broad SMARTS) is 1. The topological polar surface area (TPSA) is 60.9 Å². The molecule has 5 nitrogen and oxygen atoms in total. The van der Waals surface area contributed by atoms with Gasteiger partial charge in [-0.15, -0.1) is 0 Å². The highest BCUT2D eigenvalue weighted by Crippen LogP contribution is 2.19. The Labute approximate surface area is 110 Å². The fourth-order valence-electron chi connectivity index (χ4n) is 1.91. The van der Waals surface area contributed by atoms with Gasteiger partial charge in [-0.3, -0.25) is 9.59 Å². The number of halogens is 1. The molecule has 1 fully saturated rings. The average molecular weight is 269 g/mol. The molecule has 1 amide bonds. The van der Waals surface area contributed by atoms with Crippen molar-refractivity contribution in [1.29, 1.82) is 0 Å². The zero-order chi connectivity index (χ0) is 13.1. The van der Waals surface area contributed by atoms with E-state index in [2.05, 4.69) is 0 Å². The number of nitrogens with zero attached hydrogens (tertiary/aromatic N) is 2. The summed E-state index contributed by atoms with van der Waals surface area (Å²) in [6.45, 7) is 1.02. The Morgan fingerprint density at radius 3 is 2.50 bits per heavy atom. The molecule has 0 bridgehead atoms. The first-order valence-electron chi connectivity index (χ1n) is 5.56. The number of hydrogen-bond acceptors (Lipinski definition) is 3. The monoisotopic (exact) mass is 268 g/mol. The summed E-state index contributed by atoms with van der Waals surface area (Å²) >= 11 is 5.80. The van der Waals surface area contributed by atoms with E-state index in [4.69, 9.17) is 16.7 Å². The first kappa shape index (κ1) is 12.7. The first-order valence-corrected chi connectivity index (χ1v) is 5.94. The van der Waals surface area contributed by atoms with Gasteiger partial charge < -0.3 is 14.9 Å². The van der Waals surface area contributed by atoms with E-state index in [9.17, 15) is 9.59 Å². The van der Waals surface area contributed by atoms with E-state index in [1.165, 1.54) is 4.90 Å². The molecule has 0 radical (unpaired) electrons. The molecule has 0 aromatic heterocycles. The lowest BCUT2D eigenvalue weighted by atomic mass is 10.2. The fourth-order valence-corrected chi connectivity index (χ4v) is 2.04. The molecule has 0 unspecified atom stereocenters. The van der Waals surface area contributed by atoms with Gasteiger partial charge in [0.15, 0.2) is 0 Å². The highest BCUT2D eigenvalue weighted by molar-refractivity contribution is 6.30. The van der Waals surface area contributed by atoms with Gasteiger partial charge in [-0.2, -0.15) is 0 Å². The molecular weight excluding hydrogens is 256 g/mol. The summed E-state index contributed by atoms with van der Waals surface area (Å²) in [6.07, 6.45) is 0. The molecule has 1 aromatic rings. The van der Waals surface area contributed by atoms with E-state index in [1.807, 2.05) is 17.0 Å². The Bertz CT molecular complexity index is 461. The van der Waals surface area contributed by atoms with Crippen LogP contribution < -0.4 is 4.90 Å². The zero-order valence-electron chi connectivity index (χ0n) is 9.67. The molecule has 96 valence electrons. The van der Waals surface area contributed by atoms with Crippen LogP contribution in [0.5, 0.6) is 0 Å². The number of amides is 1. The third-order valence-corrected chi connectivity index (χ3v) is 3.09. The number of carboxylic acids is 1. The lowest BCUT2D eigenvalue weighted by Crippen LogP contribution is -2.51.